The summed E-state index contributed by atoms with van der Waals surface area (Å²) in [6, 6.07) is 10.2. The predicted molar refractivity (Wildman–Crippen MR) is 115 cm³/mol. The third-order valence-corrected chi connectivity index (χ3v) is 6.07. The molecule has 144 valence electrons. The number of thiazole rings is 1. The van der Waals surface area contributed by atoms with Gasteiger partial charge < -0.3 is 5.32 Å². The maximum absolute atomic E-state index is 12.4. The number of aryl methyl sites for hydroxylation is 1. The molecule has 4 aromatic rings. The van der Waals surface area contributed by atoms with Gasteiger partial charge in [0, 0.05) is 10.8 Å². The van der Waals surface area contributed by atoms with Crippen LogP contribution < -0.4 is 5.32 Å². The number of amides is 1. The lowest BCUT2D eigenvalue weighted by atomic mass is 9.93. The predicted octanol–water partition coefficient (Wildman–Crippen LogP) is 4.68. The maximum atomic E-state index is 12.4. The first-order valence-electron chi connectivity index (χ1n) is 8.95. The molecule has 0 saturated carbocycles. The molecule has 1 amide bonds. The van der Waals surface area contributed by atoms with Crippen LogP contribution in [0.2, 0.25) is 0 Å². The van der Waals surface area contributed by atoms with Crippen LogP contribution in [0.3, 0.4) is 0 Å². The number of pyridine rings is 1. The number of hydrogen-bond acceptors (Lipinski definition) is 6. The van der Waals surface area contributed by atoms with E-state index < -0.39 is 0 Å². The number of hydrogen-bond donors (Lipinski definition) is 1. The van der Waals surface area contributed by atoms with E-state index in [9.17, 15) is 4.79 Å². The van der Waals surface area contributed by atoms with Crippen LogP contribution in [-0.4, -0.2) is 31.2 Å². The molecule has 6 nitrogen and oxygen atoms in total. The molecule has 0 aliphatic carbocycles. The van der Waals surface area contributed by atoms with Crippen LogP contribution in [0.1, 0.15) is 32.0 Å². The molecule has 0 fully saturated rings. The monoisotopic (exact) mass is 411 g/mol. The van der Waals surface area contributed by atoms with Crippen LogP contribution in [0, 0.1) is 6.92 Å². The van der Waals surface area contributed by atoms with Gasteiger partial charge in [0.1, 0.15) is 0 Å². The first-order valence-corrected chi connectivity index (χ1v) is 10.8. The Morgan fingerprint density at radius 2 is 2.04 bits per heavy atom. The maximum Gasteiger partial charge on any atom is 0.236 e. The molecule has 0 saturated heterocycles. The number of carbonyl (C=O) groups excluding carboxylic acids is 1. The number of nitrogens with zero attached hydrogens (tertiary/aromatic N) is 4. The number of benzene rings is 1. The van der Waals surface area contributed by atoms with Crippen molar-refractivity contribution in [3.8, 4) is 0 Å². The summed E-state index contributed by atoms with van der Waals surface area (Å²) in [4.78, 5) is 16.9. The molecule has 1 aromatic carbocycles. The molecule has 0 aliphatic rings. The van der Waals surface area contributed by atoms with E-state index in [0.717, 1.165) is 27.8 Å². The minimum Gasteiger partial charge on any atom is -0.301 e. The van der Waals surface area contributed by atoms with Crippen molar-refractivity contribution < 1.29 is 4.79 Å². The van der Waals surface area contributed by atoms with E-state index in [0.29, 0.717) is 10.3 Å². The number of thioether (sulfide) groups is 1. The lowest BCUT2D eigenvalue weighted by Crippen LogP contribution is -2.15. The van der Waals surface area contributed by atoms with Crippen LogP contribution >= 0.6 is 23.1 Å². The number of nitrogens with one attached hydrogen (secondary N) is 1. The highest BCUT2D eigenvalue weighted by molar-refractivity contribution is 7.99. The highest BCUT2D eigenvalue weighted by atomic mass is 32.2. The second kappa shape index (κ2) is 7.18. The Morgan fingerprint density at radius 3 is 2.79 bits per heavy atom. The zero-order valence-corrected chi connectivity index (χ0v) is 17.8. The van der Waals surface area contributed by atoms with Gasteiger partial charge >= 0.3 is 0 Å². The molecule has 1 N–H and O–H groups in total. The fraction of sp³-hybridized carbons (Fsp3) is 0.300. The molecule has 3 aromatic heterocycles. The smallest absolute Gasteiger partial charge is 0.236 e. The Hall–Kier alpha value is -2.45. The van der Waals surface area contributed by atoms with Crippen LogP contribution in [0.15, 0.2) is 40.9 Å². The number of para-hydroxylation sites is 1. The summed E-state index contributed by atoms with van der Waals surface area (Å²) in [5, 5.41) is 15.9. The van der Waals surface area contributed by atoms with Gasteiger partial charge in [-0.25, -0.2) is 4.98 Å². The molecule has 0 bridgehead atoms. The minimum absolute atomic E-state index is 0.0341. The number of anilines is 1. The standard InChI is InChI=1S/C20H21N5OS2/c1-12-9-13-7-5-6-8-14(13)25-17(12)23-24-19(25)28-11-16(26)22-18-21-15(10-27-18)20(2,3)4/h5-10H,11H2,1-4H3,(H,21,22,26). The van der Waals surface area contributed by atoms with Crippen LogP contribution in [0.25, 0.3) is 16.6 Å². The van der Waals surface area contributed by atoms with Gasteiger partial charge in [0.2, 0.25) is 5.91 Å². The number of carbonyl (C=O) groups is 1. The second-order valence-corrected chi connectivity index (χ2v) is 9.45. The number of rotatable bonds is 4. The summed E-state index contributed by atoms with van der Waals surface area (Å²) in [6.07, 6.45) is 0. The van der Waals surface area contributed by atoms with Crippen molar-refractivity contribution in [2.24, 2.45) is 0 Å². The first kappa shape index (κ1) is 18.9. The van der Waals surface area contributed by atoms with Crippen molar-refractivity contribution >= 4 is 50.7 Å². The van der Waals surface area contributed by atoms with Crippen LogP contribution in [0.5, 0.6) is 0 Å². The van der Waals surface area contributed by atoms with Crippen molar-refractivity contribution in [2.75, 3.05) is 11.1 Å². The van der Waals surface area contributed by atoms with Gasteiger partial charge in [-0.2, -0.15) is 0 Å². The van der Waals surface area contributed by atoms with E-state index in [4.69, 9.17) is 0 Å². The molecule has 0 unspecified atom stereocenters. The van der Waals surface area contributed by atoms with Crippen molar-refractivity contribution in [2.45, 2.75) is 38.3 Å². The zero-order chi connectivity index (χ0) is 19.9. The Kier molecular flexibility index (Phi) is 4.84. The Bertz CT molecular complexity index is 1170. The molecule has 0 radical (unpaired) electrons. The van der Waals surface area contributed by atoms with Crippen molar-refractivity contribution in [3.63, 3.8) is 0 Å². The minimum atomic E-state index is -0.103. The number of aromatic nitrogens is 4. The van der Waals surface area contributed by atoms with E-state index in [-0.39, 0.29) is 17.1 Å². The summed E-state index contributed by atoms with van der Waals surface area (Å²) in [7, 11) is 0. The van der Waals surface area contributed by atoms with Gasteiger partial charge in [-0.05, 0) is 30.0 Å². The molecule has 4 rings (SSSR count). The molecule has 8 heteroatoms. The van der Waals surface area contributed by atoms with Gasteiger partial charge in [0.25, 0.3) is 0 Å². The van der Waals surface area contributed by atoms with Gasteiger partial charge in [-0.15, -0.1) is 21.5 Å². The SMILES string of the molecule is Cc1cc2ccccc2n2c(SCC(=O)Nc3nc(C(C)(C)C)cs3)nnc12. The number of fused-ring (bicyclic) bond motifs is 3. The topological polar surface area (TPSA) is 72.2 Å². The third kappa shape index (κ3) is 3.62. The molecular formula is C20H21N5OS2. The van der Waals surface area contributed by atoms with E-state index in [1.807, 2.05) is 34.9 Å². The van der Waals surface area contributed by atoms with Gasteiger partial charge in [-0.3, -0.25) is 9.20 Å². The lowest BCUT2D eigenvalue weighted by Gasteiger charge is -2.14. The van der Waals surface area contributed by atoms with Gasteiger partial charge in [-0.1, -0.05) is 50.7 Å². The quantitative estimate of drug-likeness (QED) is 0.494. The second-order valence-electron chi connectivity index (χ2n) is 7.65. The molecular weight excluding hydrogens is 390 g/mol. The largest absolute Gasteiger partial charge is 0.301 e. The van der Waals surface area contributed by atoms with Crippen LogP contribution in [0.4, 0.5) is 5.13 Å². The van der Waals surface area contributed by atoms with Crippen molar-refractivity contribution in [1.29, 1.82) is 0 Å². The zero-order valence-electron chi connectivity index (χ0n) is 16.2. The van der Waals surface area contributed by atoms with E-state index >= 15 is 0 Å². The lowest BCUT2D eigenvalue weighted by molar-refractivity contribution is -0.113. The summed E-state index contributed by atoms with van der Waals surface area (Å²) in [5.74, 6) is 0.140. The molecule has 28 heavy (non-hydrogen) atoms. The normalized spacial score (nSPS) is 12.0. The molecule has 0 atom stereocenters. The molecule has 3 heterocycles. The van der Waals surface area contributed by atoms with E-state index in [1.54, 1.807) is 0 Å². The Balaban J connectivity index is 1.53. The summed E-state index contributed by atoms with van der Waals surface area (Å²) >= 11 is 2.82. The average Bonchev–Trinajstić information content (AvgIpc) is 3.27. The fourth-order valence-corrected chi connectivity index (χ4v) is 4.61. The fourth-order valence-electron chi connectivity index (χ4n) is 2.91. The van der Waals surface area contributed by atoms with Crippen molar-refractivity contribution in [3.05, 3.63) is 47.0 Å². The van der Waals surface area contributed by atoms with E-state index in [1.165, 1.54) is 23.1 Å². The van der Waals surface area contributed by atoms with E-state index in [2.05, 4.69) is 53.4 Å². The Labute approximate surface area is 171 Å². The summed E-state index contributed by atoms with van der Waals surface area (Å²) in [6.45, 7) is 8.33. The third-order valence-electron chi connectivity index (χ3n) is 4.39. The van der Waals surface area contributed by atoms with Crippen molar-refractivity contribution in [1.82, 2.24) is 19.6 Å². The highest BCUT2D eigenvalue weighted by Gasteiger charge is 2.19. The summed E-state index contributed by atoms with van der Waals surface area (Å²) < 4.78 is 2.02. The summed E-state index contributed by atoms with van der Waals surface area (Å²) in [5.41, 5.74) is 3.85. The van der Waals surface area contributed by atoms with Gasteiger partial charge in [0.05, 0.1) is 17.0 Å². The Morgan fingerprint density at radius 1 is 1.25 bits per heavy atom. The van der Waals surface area contributed by atoms with Gasteiger partial charge in [0.15, 0.2) is 15.9 Å². The highest BCUT2D eigenvalue weighted by Crippen LogP contribution is 2.28. The molecule has 0 spiro atoms. The first-order chi connectivity index (χ1) is 13.3. The molecule has 0 aliphatic heterocycles. The van der Waals surface area contributed by atoms with Crippen LogP contribution in [-0.2, 0) is 10.2 Å². The average molecular weight is 412 g/mol.